The van der Waals surface area contributed by atoms with Crippen LogP contribution in [0.1, 0.15) is 44.9 Å². The molecule has 0 aromatic carbocycles. The molecular formula is C20H31N5O2. The van der Waals surface area contributed by atoms with Gasteiger partial charge in [-0.1, -0.05) is 6.42 Å². The maximum atomic E-state index is 12.7. The van der Waals surface area contributed by atoms with Gasteiger partial charge in [0.25, 0.3) is 5.56 Å². The summed E-state index contributed by atoms with van der Waals surface area (Å²) < 4.78 is 0. The second kappa shape index (κ2) is 8.42. The second-order valence-electron chi connectivity index (χ2n) is 8.15. The van der Waals surface area contributed by atoms with E-state index in [0.717, 1.165) is 6.42 Å². The highest BCUT2D eigenvalue weighted by atomic mass is 16.2. The summed E-state index contributed by atoms with van der Waals surface area (Å²) >= 11 is 0. The van der Waals surface area contributed by atoms with Crippen molar-refractivity contribution in [2.45, 2.75) is 51.0 Å². The first-order valence-electron chi connectivity index (χ1n) is 10.5. The number of carbonyl (C=O) groups is 1. The minimum atomic E-state index is -0.161. The van der Waals surface area contributed by atoms with Gasteiger partial charge < -0.3 is 19.7 Å². The highest BCUT2D eigenvalue weighted by molar-refractivity contribution is 5.76. The maximum absolute atomic E-state index is 12.7. The Bertz CT molecular complexity index is 696. The molecule has 0 saturated carbocycles. The van der Waals surface area contributed by atoms with Crippen molar-refractivity contribution in [2.75, 3.05) is 44.2 Å². The molecule has 0 spiro atoms. The lowest BCUT2D eigenvalue weighted by atomic mass is 9.81. The molecule has 148 valence electrons. The number of fused-ring (bicyclic) bond motifs is 1. The number of nitrogens with zero attached hydrogens (tertiary/aromatic N) is 4. The number of H-pyrrole nitrogens is 1. The first kappa shape index (κ1) is 18.5. The van der Waals surface area contributed by atoms with Crippen LogP contribution in [-0.4, -0.2) is 71.0 Å². The van der Waals surface area contributed by atoms with Crippen molar-refractivity contribution in [3.63, 3.8) is 0 Å². The number of hydrogen-bond acceptors (Lipinski definition) is 5. The summed E-state index contributed by atoms with van der Waals surface area (Å²) in [6, 6.07) is 0.716. The van der Waals surface area contributed by atoms with Crippen LogP contribution in [0.5, 0.6) is 0 Å². The van der Waals surface area contributed by atoms with E-state index in [1.165, 1.54) is 45.2 Å². The highest BCUT2D eigenvalue weighted by Gasteiger charge is 2.33. The molecule has 0 unspecified atom stereocenters. The standard InChI is InChI=1S/C20H31N5O2/c26-18(7-6-16-4-3-11-23-10-2-1-5-17(16)23)24-12-14-25(15-13-24)19-20(27)22-9-8-21-19/h8-9,16-17H,1-7,10-15H2,(H,22,27)/t16-,17+/m0/s1. The van der Waals surface area contributed by atoms with Gasteiger partial charge in [-0.2, -0.15) is 0 Å². The number of piperidine rings is 2. The third-order valence-electron chi connectivity index (χ3n) is 6.58. The summed E-state index contributed by atoms with van der Waals surface area (Å²) in [5, 5.41) is 0. The number of aromatic nitrogens is 2. The third-order valence-corrected chi connectivity index (χ3v) is 6.58. The molecule has 3 saturated heterocycles. The van der Waals surface area contributed by atoms with Gasteiger partial charge in [0.05, 0.1) is 0 Å². The predicted octanol–water partition coefficient (Wildman–Crippen LogP) is 1.46. The number of hydrogen-bond donors (Lipinski definition) is 1. The molecule has 0 bridgehead atoms. The predicted molar refractivity (Wildman–Crippen MR) is 105 cm³/mol. The second-order valence-corrected chi connectivity index (χ2v) is 8.15. The lowest BCUT2D eigenvalue weighted by molar-refractivity contribution is -0.132. The fraction of sp³-hybridized carbons (Fsp3) is 0.750. The van der Waals surface area contributed by atoms with Gasteiger partial charge in [-0.05, 0) is 51.1 Å². The molecule has 1 N–H and O–H groups in total. The van der Waals surface area contributed by atoms with Gasteiger partial charge in [0, 0.05) is 51.0 Å². The number of nitrogens with one attached hydrogen (secondary N) is 1. The molecule has 1 amide bonds. The van der Waals surface area contributed by atoms with E-state index < -0.39 is 0 Å². The Kier molecular flexibility index (Phi) is 5.76. The van der Waals surface area contributed by atoms with Gasteiger partial charge in [-0.3, -0.25) is 9.59 Å². The molecule has 0 aliphatic carbocycles. The van der Waals surface area contributed by atoms with Crippen LogP contribution in [0.2, 0.25) is 0 Å². The molecule has 3 aliphatic rings. The molecule has 4 rings (SSSR count). The molecule has 2 atom stereocenters. The minimum absolute atomic E-state index is 0.161. The van der Waals surface area contributed by atoms with Crippen LogP contribution in [0.15, 0.2) is 17.2 Å². The van der Waals surface area contributed by atoms with E-state index in [1.807, 2.05) is 9.80 Å². The number of piperazine rings is 1. The number of carbonyl (C=O) groups excluding carboxylic acids is 1. The van der Waals surface area contributed by atoms with Crippen molar-refractivity contribution in [3.8, 4) is 0 Å². The molecule has 0 radical (unpaired) electrons. The van der Waals surface area contributed by atoms with Crippen LogP contribution >= 0.6 is 0 Å². The molecule has 7 nitrogen and oxygen atoms in total. The summed E-state index contributed by atoms with van der Waals surface area (Å²) in [5.74, 6) is 1.43. The molecule has 3 fully saturated rings. The van der Waals surface area contributed by atoms with Crippen molar-refractivity contribution >= 4 is 11.7 Å². The Morgan fingerprint density at radius 1 is 1.07 bits per heavy atom. The number of amides is 1. The minimum Gasteiger partial charge on any atom is -0.348 e. The van der Waals surface area contributed by atoms with Crippen LogP contribution < -0.4 is 10.5 Å². The topological polar surface area (TPSA) is 72.5 Å². The van der Waals surface area contributed by atoms with Crippen molar-refractivity contribution in [3.05, 3.63) is 22.7 Å². The van der Waals surface area contributed by atoms with E-state index in [-0.39, 0.29) is 11.5 Å². The fourth-order valence-electron chi connectivity index (χ4n) is 5.12. The molecule has 7 heteroatoms. The van der Waals surface area contributed by atoms with Gasteiger partial charge in [-0.25, -0.2) is 4.98 Å². The summed E-state index contributed by atoms with van der Waals surface area (Å²) in [7, 11) is 0. The number of anilines is 1. The third kappa shape index (κ3) is 4.18. The van der Waals surface area contributed by atoms with Crippen molar-refractivity contribution in [2.24, 2.45) is 5.92 Å². The summed E-state index contributed by atoms with van der Waals surface area (Å²) in [6.45, 7) is 5.20. The molecular weight excluding hydrogens is 342 g/mol. The lowest BCUT2D eigenvalue weighted by Gasteiger charge is -2.44. The van der Waals surface area contributed by atoms with E-state index in [1.54, 1.807) is 12.4 Å². The average molecular weight is 374 g/mol. The van der Waals surface area contributed by atoms with Crippen LogP contribution in [0.3, 0.4) is 0 Å². The Morgan fingerprint density at radius 3 is 2.70 bits per heavy atom. The van der Waals surface area contributed by atoms with Gasteiger partial charge >= 0.3 is 0 Å². The zero-order chi connectivity index (χ0) is 18.6. The van der Waals surface area contributed by atoms with Gasteiger partial charge in [0.1, 0.15) is 0 Å². The van der Waals surface area contributed by atoms with Crippen LogP contribution in [0, 0.1) is 5.92 Å². The van der Waals surface area contributed by atoms with Crippen molar-refractivity contribution in [1.29, 1.82) is 0 Å². The maximum Gasteiger partial charge on any atom is 0.290 e. The van der Waals surface area contributed by atoms with Crippen LogP contribution in [0.4, 0.5) is 5.82 Å². The Hall–Kier alpha value is -1.89. The van der Waals surface area contributed by atoms with Gasteiger partial charge in [0.15, 0.2) is 5.82 Å². The normalized spacial score (nSPS) is 26.7. The van der Waals surface area contributed by atoms with E-state index in [9.17, 15) is 9.59 Å². The monoisotopic (exact) mass is 373 g/mol. The van der Waals surface area contributed by atoms with Gasteiger partial charge in [0.2, 0.25) is 5.91 Å². The molecule has 3 aliphatic heterocycles. The Morgan fingerprint density at radius 2 is 1.89 bits per heavy atom. The lowest BCUT2D eigenvalue weighted by Crippen LogP contribution is -2.51. The SMILES string of the molecule is O=C(CC[C@@H]1CCCN2CCCC[C@H]12)N1CCN(c2ncc[nH]c2=O)CC1. The van der Waals surface area contributed by atoms with E-state index in [4.69, 9.17) is 0 Å². The Labute approximate surface area is 160 Å². The average Bonchev–Trinajstić information content (AvgIpc) is 2.72. The number of aromatic amines is 1. The van der Waals surface area contributed by atoms with E-state index in [0.29, 0.717) is 50.4 Å². The quantitative estimate of drug-likeness (QED) is 0.865. The van der Waals surface area contributed by atoms with E-state index in [2.05, 4.69) is 14.9 Å². The summed E-state index contributed by atoms with van der Waals surface area (Å²) in [6.07, 6.45) is 11.4. The van der Waals surface area contributed by atoms with Crippen LogP contribution in [-0.2, 0) is 4.79 Å². The molecule has 1 aromatic heterocycles. The molecule has 27 heavy (non-hydrogen) atoms. The first-order chi connectivity index (χ1) is 13.2. The zero-order valence-electron chi connectivity index (χ0n) is 16.1. The molecule has 1 aromatic rings. The summed E-state index contributed by atoms with van der Waals surface area (Å²) in [4.78, 5) is 38.1. The zero-order valence-corrected chi connectivity index (χ0v) is 16.1. The number of rotatable bonds is 4. The largest absolute Gasteiger partial charge is 0.348 e. The van der Waals surface area contributed by atoms with Crippen molar-refractivity contribution in [1.82, 2.24) is 19.8 Å². The highest BCUT2D eigenvalue weighted by Crippen LogP contribution is 2.33. The first-order valence-corrected chi connectivity index (χ1v) is 10.5. The van der Waals surface area contributed by atoms with Crippen LogP contribution in [0.25, 0.3) is 0 Å². The summed E-state index contributed by atoms with van der Waals surface area (Å²) in [5.41, 5.74) is -0.161. The van der Waals surface area contributed by atoms with Crippen molar-refractivity contribution < 1.29 is 4.79 Å². The van der Waals surface area contributed by atoms with Gasteiger partial charge in [-0.15, -0.1) is 0 Å². The van der Waals surface area contributed by atoms with E-state index >= 15 is 0 Å². The fourth-order valence-corrected chi connectivity index (χ4v) is 5.12. The smallest absolute Gasteiger partial charge is 0.290 e. The molecule has 4 heterocycles. The Balaban J connectivity index is 1.26.